The van der Waals surface area contributed by atoms with E-state index in [0.29, 0.717) is 23.2 Å². The van der Waals surface area contributed by atoms with Crippen LogP contribution in [-0.2, 0) is 0 Å². The van der Waals surface area contributed by atoms with E-state index in [4.69, 9.17) is 15.0 Å². The van der Waals surface area contributed by atoms with Crippen LogP contribution in [0.4, 0.5) is 5.69 Å². The summed E-state index contributed by atoms with van der Waals surface area (Å²) in [4.78, 5) is 4.10. The van der Waals surface area contributed by atoms with Crippen LogP contribution in [0.1, 0.15) is 5.89 Å². The Hall–Kier alpha value is -2.04. The highest BCUT2D eigenvalue weighted by molar-refractivity contribution is 5.65. The van der Waals surface area contributed by atoms with Crippen molar-refractivity contribution in [3.05, 3.63) is 24.1 Å². The van der Waals surface area contributed by atoms with E-state index in [1.165, 1.54) is 0 Å². The average molecular weight is 205 g/mol. The van der Waals surface area contributed by atoms with E-state index in [1.807, 2.05) is 6.07 Å². The summed E-state index contributed by atoms with van der Waals surface area (Å²) in [7, 11) is 1.57. The Bertz CT molecular complexity index is 479. The Morgan fingerprint density at radius 3 is 2.73 bits per heavy atom. The summed E-state index contributed by atoms with van der Waals surface area (Å²) >= 11 is 0. The molecule has 0 bridgehead atoms. The summed E-state index contributed by atoms with van der Waals surface area (Å²) in [5, 5.41) is 3.80. The molecular formula is C10H11N3O2. The van der Waals surface area contributed by atoms with Crippen LogP contribution in [-0.4, -0.2) is 17.3 Å². The zero-order chi connectivity index (χ0) is 10.8. The molecule has 5 nitrogen and oxygen atoms in total. The van der Waals surface area contributed by atoms with E-state index >= 15 is 0 Å². The van der Waals surface area contributed by atoms with Gasteiger partial charge in [-0.2, -0.15) is 4.98 Å². The van der Waals surface area contributed by atoms with Gasteiger partial charge in [-0.1, -0.05) is 5.16 Å². The standard InChI is InChI=1S/C10H11N3O2/c1-6-12-10(13-15-6)7-3-4-9(14-2)8(11)5-7/h3-5H,11H2,1-2H3. The number of nitrogens with two attached hydrogens (primary N) is 1. The highest BCUT2D eigenvalue weighted by Crippen LogP contribution is 2.26. The summed E-state index contributed by atoms with van der Waals surface area (Å²) in [5.74, 6) is 1.69. The first-order valence-electron chi connectivity index (χ1n) is 4.45. The van der Waals surface area contributed by atoms with Gasteiger partial charge in [0, 0.05) is 12.5 Å². The van der Waals surface area contributed by atoms with E-state index < -0.39 is 0 Å². The Kier molecular flexibility index (Phi) is 2.29. The molecule has 1 heterocycles. The topological polar surface area (TPSA) is 74.2 Å². The van der Waals surface area contributed by atoms with E-state index in [0.717, 1.165) is 5.56 Å². The van der Waals surface area contributed by atoms with E-state index in [-0.39, 0.29) is 0 Å². The number of methoxy groups -OCH3 is 1. The fourth-order valence-electron chi connectivity index (χ4n) is 1.29. The summed E-state index contributed by atoms with van der Waals surface area (Å²) in [6, 6.07) is 5.36. The number of hydrogen-bond acceptors (Lipinski definition) is 5. The minimum atomic E-state index is 0.527. The van der Waals surface area contributed by atoms with Crippen LogP contribution in [0, 0.1) is 6.92 Å². The van der Waals surface area contributed by atoms with Gasteiger partial charge < -0.3 is 15.0 Å². The maximum absolute atomic E-state index is 5.76. The van der Waals surface area contributed by atoms with Crippen molar-refractivity contribution in [2.75, 3.05) is 12.8 Å². The summed E-state index contributed by atoms with van der Waals surface area (Å²) in [6.45, 7) is 1.74. The average Bonchev–Trinajstić information content (AvgIpc) is 2.65. The number of hydrogen-bond donors (Lipinski definition) is 1. The predicted molar refractivity (Wildman–Crippen MR) is 55.4 cm³/mol. The van der Waals surface area contributed by atoms with Crippen molar-refractivity contribution in [3.8, 4) is 17.1 Å². The van der Waals surface area contributed by atoms with Crippen molar-refractivity contribution in [2.24, 2.45) is 0 Å². The molecule has 2 aromatic rings. The van der Waals surface area contributed by atoms with Crippen LogP contribution in [0.3, 0.4) is 0 Å². The molecule has 1 aromatic carbocycles. The SMILES string of the molecule is COc1ccc(-c2noc(C)n2)cc1N. The van der Waals surface area contributed by atoms with Gasteiger partial charge in [-0.25, -0.2) is 0 Å². The first kappa shape index (κ1) is 9.51. The molecular weight excluding hydrogens is 194 g/mol. The quantitative estimate of drug-likeness (QED) is 0.754. The summed E-state index contributed by atoms with van der Waals surface area (Å²) in [6.07, 6.45) is 0. The van der Waals surface area contributed by atoms with Crippen LogP contribution >= 0.6 is 0 Å². The molecule has 0 aliphatic heterocycles. The minimum Gasteiger partial charge on any atom is -0.495 e. The molecule has 0 saturated carbocycles. The molecule has 0 fully saturated rings. The van der Waals surface area contributed by atoms with Gasteiger partial charge >= 0.3 is 0 Å². The second-order valence-corrected chi connectivity index (χ2v) is 3.09. The molecule has 0 saturated heterocycles. The van der Waals surface area contributed by atoms with Crippen LogP contribution < -0.4 is 10.5 Å². The number of ether oxygens (including phenoxy) is 1. The van der Waals surface area contributed by atoms with Crippen LogP contribution in [0.25, 0.3) is 11.4 Å². The minimum absolute atomic E-state index is 0.527. The van der Waals surface area contributed by atoms with E-state index in [9.17, 15) is 0 Å². The number of aryl methyl sites for hydroxylation is 1. The molecule has 0 radical (unpaired) electrons. The Morgan fingerprint density at radius 1 is 1.40 bits per heavy atom. The third-order valence-corrected chi connectivity index (χ3v) is 2.02. The lowest BCUT2D eigenvalue weighted by Gasteiger charge is -2.04. The number of nitrogen functional groups attached to an aromatic ring is 1. The number of rotatable bonds is 2. The third-order valence-electron chi connectivity index (χ3n) is 2.02. The number of anilines is 1. The van der Waals surface area contributed by atoms with Gasteiger partial charge in [0.2, 0.25) is 11.7 Å². The van der Waals surface area contributed by atoms with Gasteiger partial charge in [0.1, 0.15) is 5.75 Å². The molecule has 0 atom stereocenters. The van der Waals surface area contributed by atoms with Gasteiger partial charge in [-0.15, -0.1) is 0 Å². The van der Waals surface area contributed by atoms with Gasteiger partial charge in [0.25, 0.3) is 0 Å². The monoisotopic (exact) mass is 205 g/mol. The van der Waals surface area contributed by atoms with Crippen molar-refractivity contribution in [3.63, 3.8) is 0 Å². The molecule has 15 heavy (non-hydrogen) atoms. The fraction of sp³-hybridized carbons (Fsp3) is 0.200. The van der Waals surface area contributed by atoms with E-state index in [1.54, 1.807) is 26.2 Å². The zero-order valence-electron chi connectivity index (χ0n) is 8.52. The highest BCUT2D eigenvalue weighted by atomic mass is 16.5. The maximum Gasteiger partial charge on any atom is 0.223 e. The molecule has 0 spiro atoms. The molecule has 2 rings (SSSR count). The van der Waals surface area contributed by atoms with Gasteiger partial charge in [-0.05, 0) is 18.2 Å². The molecule has 0 amide bonds. The van der Waals surface area contributed by atoms with Crippen LogP contribution in [0.5, 0.6) is 5.75 Å². The smallest absolute Gasteiger partial charge is 0.223 e. The lowest BCUT2D eigenvalue weighted by molar-refractivity contribution is 0.394. The normalized spacial score (nSPS) is 10.3. The lowest BCUT2D eigenvalue weighted by Crippen LogP contribution is -1.93. The van der Waals surface area contributed by atoms with E-state index in [2.05, 4.69) is 10.1 Å². The molecule has 2 N–H and O–H groups in total. The van der Waals surface area contributed by atoms with Crippen molar-refractivity contribution < 1.29 is 9.26 Å². The molecule has 5 heteroatoms. The second-order valence-electron chi connectivity index (χ2n) is 3.09. The van der Waals surface area contributed by atoms with Crippen molar-refractivity contribution in [2.45, 2.75) is 6.92 Å². The lowest BCUT2D eigenvalue weighted by atomic mass is 10.2. The van der Waals surface area contributed by atoms with Gasteiger partial charge in [-0.3, -0.25) is 0 Å². The third kappa shape index (κ3) is 1.76. The van der Waals surface area contributed by atoms with Gasteiger partial charge in [0.05, 0.1) is 12.8 Å². The number of benzene rings is 1. The Balaban J connectivity index is 2.42. The first-order chi connectivity index (χ1) is 7.20. The second kappa shape index (κ2) is 3.61. The van der Waals surface area contributed by atoms with Crippen molar-refractivity contribution >= 4 is 5.69 Å². The number of nitrogens with zero attached hydrogens (tertiary/aromatic N) is 2. The number of aromatic nitrogens is 2. The fourth-order valence-corrected chi connectivity index (χ4v) is 1.29. The molecule has 78 valence electrons. The molecule has 0 unspecified atom stereocenters. The summed E-state index contributed by atoms with van der Waals surface area (Å²) in [5.41, 5.74) is 7.13. The van der Waals surface area contributed by atoms with Crippen molar-refractivity contribution in [1.82, 2.24) is 10.1 Å². The highest BCUT2D eigenvalue weighted by Gasteiger charge is 2.07. The Labute approximate surface area is 86.9 Å². The van der Waals surface area contributed by atoms with Crippen LogP contribution in [0.2, 0.25) is 0 Å². The zero-order valence-corrected chi connectivity index (χ0v) is 8.52. The molecule has 1 aromatic heterocycles. The van der Waals surface area contributed by atoms with Crippen molar-refractivity contribution in [1.29, 1.82) is 0 Å². The largest absolute Gasteiger partial charge is 0.495 e. The molecule has 0 aliphatic rings. The predicted octanol–water partition coefficient (Wildman–Crippen LogP) is 1.64. The first-order valence-corrected chi connectivity index (χ1v) is 4.45. The van der Waals surface area contributed by atoms with Gasteiger partial charge in [0.15, 0.2) is 0 Å². The Morgan fingerprint density at radius 2 is 2.20 bits per heavy atom. The summed E-state index contributed by atoms with van der Waals surface area (Å²) < 4.78 is 9.93. The molecule has 0 aliphatic carbocycles. The maximum atomic E-state index is 5.76. The van der Waals surface area contributed by atoms with Crippen LogP contribution in [0.15, 0.2) is 22.7 Å².